The SMILES string of the molecule is Cc1cc(C)cc(OCC(O)CN(C)c2c(C)noc2C)c1. The van der Waals surface area contributed by atoms with Gasteiger partial charge in [-0.05, 0) is 51.0 Å². The highest BCUT2D eigenvalue weighted by Gasteiger charge is 2.17. The van der Waals surface area contributed by atoms with Crippen LogP contribution in [0.15, 0.2) is 22.7 Å². The van der Waals surface area contributed by atoms with Crippen LogP contribution in [0.1, 0.15) is 22.6 Å². The van der Waals surface area contributed by atoms with Gasteiger partial charge in [-0.15, -0.1) is 0 Å². The number of aliphatic hydroxyl groups is 1. The Balaban J connectivity index is 1.91. The largest absolute Gasteiger partial charge is 0.491 e. The molecule has 5 nitrogen and oxygen atoms in total. The molecule has 0 aliphatic rings. The van der Waals surface area contributed by atoms with Gasteiger partial charge in [0.05, 0.1) is 0 Å². The zero-order valence-electron chi connectivity index (χ0n) is 13.9. The minimum absolute atomic E-state index is 0.247. The van der Waals surface area contributed by atoms with Crippen molar-refractivity contribution in [1.82, 2.24) is 5.16 Å². The topological polar surface area (TPSA) is 58.7 Å². The van der Waals surface area contributed by atoms with E-state index in [0.29, 0.717) is 6.54 Å². The number of hydrogen-bond donors (Lipinski definition) is 1. The fraction of sp³-hybridized carbons (Fsp3) is 0.471. The lowest BCUT2D eigenvalue weighted by Crippen LogP contribution is -2.33. The maximum absolute atomic E-state index is 10.2. The predicted molar refractivity (Wildman–Crippen MR) is 86.7 cm³/mol. The Morgan fingerprint density at radius 3 is 2.36 bits per heavy atom. The number of aryl methyl sites for hydroxylation is 4. The van der Waals surface area contributed by atoms with Crippen molar-refractivity contribution in [1.29, 1.82) is 0 Å². The molecule has 0 radical (unpaired) electrons. The Labute approximate surface area is 131 Å². The number of likely N-dealkylation sites (N-methyl/N-ethyl adjacent to an activating group) is 1. The van der Waals surface area contributed by atoms with Crippen LogP contribution in [0.3, 0.4) is 0 Å². The highest BCUT2D eigenvalue weighted by Crippen LogP contribution is 2.23. The van der Waals surface area contributed by atoms with Crippen molar-refractivity contribution in [3.63, 3.8) is 0 Å². The van der Waals surface area contributed by atoms with Gasteiger partial charge in [0.1, 0.15) is 29.8 Å². The molecule has 1 unspecified atom stereocenters. The van der Waals surface area contributed by atoms with E-state index in [9.17, 15) is 5.11 Å². The standard InChI is InChI=1S/C17H24N2O3/c1-11-6-12(2)8-16(7-11)21-10-15(20)9-19(5)17-13(3)18-22-14(17)4/h6-8,15,20H,9-10H2,1-5H3. The molecule has 0 spiro atoms. The predicted octanol–water partition coefficient (Wildman–Crippen LogP) is 2.78. The second kappa shape index (κ2) is 6.83. The quantitative estimate of drug-likeness (QED) is 0.889. The van der Waals surface area contributed by atoms with E-state index in [1.807, 2.05) is 51.8 Å². The van der Waals surface area contributed by atoms with Crippen molar-refractivity contribution in [2.45, 2.75) is 33.8 Å². The molecule has 1 N–H and O–H groups in total. The highest BCUT2D eigenvalue weighted by molar-refractivity contribution is 5.52. The number of aromatic nitrogens is 1. The Kier molecular flexibility index (Phi) is 5.08. The maximum atomic E-state index is 10.2. The first kappa shape index (κ1) is 16.4. The molecule has 1 aromatic heterocycles. The molecule has 22 heavy (non-hydrogen) atoms. The van der Waals surface area contributed by atoms with Crippen LogP contribution >= 0.6 is 0 Å². The van der Waals surface area contributed by atoms with E-state index in [2.05, 4.69) is 11.2 Å². The minimum atomic E-state index is -0.598. The summed E-state index contributed by atoms with van der Waals surface area (Å²) >= 11 is 0. The van der Waals surface area contributed by atoms with Crippen LogP contribution in [0.4, 0.5) is 5.69 Å². The van der Waals surface area contributed by atoms with Crippen LogP contribution in [-0.4, -0.2) is 36.6 Å². The molecule has 0 fully saturated rings. The zero-order valence-corrected chi connectivity index (χ0v) is 13.9. The molecule has 1 atom stereocenters. The van der Waals surface area contributed by atoms with Crippen LogP contribution in [0, 0.1) is 27.7 Å². The summed E-state index contributed by atoms with van der Waals surface area (Å²) < 4.78 is 10.8. The number of hydrogen-bond acceptors (Lipinski definition) is 5. The molecule has 120 valence electrons. The molecule has 2 rings (SSSR count). The summed E-state index contributed by atoms with van der Waals surface area (Å²) in [4.78, 5) is 1.94. The van der Waals surface area contributed by atoms with Crippen LogP contribution in [0.2, 0.25) is 0 Å². The summed E-state index contributed by atoms with van der Waals surface area (Å²) in [7, 11) is 1.91. The van der Waals surface area contributed by atoms with E-state index in [1.165, 1.54) is 0 Å². The Bertz CT molecular complexity index is 597. The van der Waals surface area contributed by atoms with Crippen LogP contribution in [0.25, 0.3) is 0 Å². The van der Waals surface area contributed by atoms with Gasteiger partial charge in [-0.25, -0.2) is 0 Å². The van der Waals surface area contributed by atoms with Gasteiger partial charge in [-0.3, -0.25) is 0 Å². The first-order valence-corrected chi connectivity index (χ1v) is 7.40. The number of ether oxygens (including phenoxy) is 1. The molecule has 1 heterocycles. The van der Waals surface area contributed by atoms with Crippen LogP contribution < -0.4 is 9.64 Å². The first-order chi connectivity index (χ1) is 10.4. The summed E-state index contributed by atoms with van der Waals surface area (Å²) in [6.45, 7) is 8.51. The van der Waals surface area contributed by atoms with Gasteiger partial charge in [0, 0.05) is 13.6 Å². The molecule has 0 saturated heterocycles. The summed E-state index contributed by atoms with van der Waals surface area (Å²) in [5.41, 5.74) is 4.04. The Hall–Kier alpha value is -2.01. The number of anilines is 1. The number of benzene rings is 1. The van der Waals surface area contributed by atoms with E-state index >= 15 is 0 Å². The van der Waals surface area contributed by atoms with Crippen molar-refractivity contribution in [3.05, 3.63) is 40.8 Å². The van der Waals surface area contributed by atoms with E-state index in [1.54, 1.807) is 0 Å². The van der Waals surface area contributed by atoms with Gasteiger partial charge >= 0.3 is 0 Å². The van der Waals surface area contributed by atoms with Gasteiger partial charge in [0.25, 0.3) is 0 Å². The zero-order chi connectivity index (χ0) is 16.3. The molecular weight excluding hydrogens is 280 g/mol. The Morgan fingerprint density at radius 2 is 1.82 bits per heavy atom. The third-order valence-electron chi connectivity index (χ3n) is 3.50. The normalized spacial score (nSPS) is 12.3. The van der Waals surface area contributed by atoms with Gasteiger partial charge in [-0.1, -0.05) is 11.2 Å². The highest BCUT2D eigenvalue weighted by atomic mass is 16.5. The van der Waals surface area contributed by atoms with E-state index in [4.69, 9.17) is 9.26 Å². The van der Waals surface area contributed by atoms with E-state index in [0.717, 1.165) is 34.0 Å². The van der Waals surface area contributed by atoms with Crippen LogP contribution in [-0.2, 0) is 0 Å². The molecular formula is C17H24N2O3. The first-order valence-electron chi connectivity index (χ1n) is 7.40. The Morgan fingerprint density at radius 1 is 1.18 bits per heavy atom. The second-order valence-corrected chi connectivity index (χ2v) is 5.84. The molecule has 0 aliphatic heterocycles. The van der Waals surface area contributed by atoms with Crippen molar-refractivity contribution >= 4 is 5.69 Å². The van der Waals surface area contributed by atoms with E-state index in [-0.39, 0.29) is 6.61 Å². The summed E-state index contributed by atoms with van der Waals surface area (Å²) in [6, 6.07) is 6.03. The maximum Gasteiger partial charge on any atom is 0.157 e. The van der Waals surface area contributed by atoms with Crippen LogP contribution in [0.5, 0.6) is 5.75 Å². The lowest BCUT2D eigenvalue weighted by Gasteiger charge is -2.22. The fourth-order valence-electron chi connectivity index (χ4n) is 2.69. The molecule has 1 aromatic carbocycles. The van der Waals surface area contributed by atoms with Gasteiger partial charge < -0.3 is 19.3 Å². The van der Waals surface area contributed by atoms with Gasteiger partial charge in [0.2, 0.25) is 0 Å². The average Bonchev–Trinajstić information content (AvgIpc) is 2.75. The average molecular weight is 304 g/mol. The van der Waals surface area contributed by atoms with Gasteiger partial charge in [0.15, 0.2) is 5.76 Å². The lowest BCUT2D eigenvalue weighted by atomic mass is 10.1. The number of nitrogens with zero attached hydrogens (tertiary/aromatic N) is 2. The summed E-state index contributed by atoms with van der Waals surface area (Å²) in [6.07, 6.45) is -0.598. The van der Waals surface area contributed by atoms with Crippen molar-refractivity contribution in [3.8, 4) is 5.75 Å². The molecule has 0 amide bonds. The van der Waals surface area contributed by atoms with Crippen molar-refractivity contribution in [2.24, 2.45) is 0 Å². The third kappa shape index (κ3) is 4.01. The summed E-state index contributed by atoms with van der Waals surface area (Å²) in [5, 5.41) is 14.1. The van der Waals surface area contributed by atoms with Crippen molar-refractivity contribution < 1.29 is 14.4 Å². The summed E-state index contributed by atoms with van der Waals surface area (Å²) in [5.74, 6) is 1.54. The molecule has 0 saturated carbocycles. The number of rotatable bonds is 6. The lowest BCUT2D eigenvalue weighted by molar-refractivity contribution is 0.113. The minimum Gasteiger partial charge on any atom is -0.491 e. The number of aliphatic hydroxyl groups excluding tert-OH is 1. The second-order valence-electron chi connectivity index (χ2n) is 5.84. The molecule has 0 bridgehead atoms. The molecule has 0 aliphatic carbocycles. The smallest absolute Gasteiger partial charge is 0.157 e. The monoisotopic (exact) mass is 304 g/mol. The fourth-order valence-corrected chi connectivity index (χ4v) is 2.69. The van der Waals surface area contributed by atoms with E-state index < -0.39 is 6.10 Å². The third-order valence-corrected chi connectivity index (χ3v) is 3.50. The van der Waals surface area contributed by atoms with Crippen molar-refractivity contribution in [2.75, 3.05) is 25.1 Å². The molecule has 5 heteroatoms. The molecule has 2 aromatic rings. The van der Waals surface area contributed by atoms with Gasteiger partial charge in [-0.2, -0.15) is 0 Å².